The van der Waals surface area contributed by atoms with Gasteiger partial charge in [0.1, 0.15) is 0 Å². The Morgan fingerprint density at radius 2 is 1.81 bits per heavy atom. The van der Waals surface area contributed by atoms with Crippen LogP contribution in [0.1, 0.15) is 41.6 Å². The van der Waals surface area contributed by atoms with Crippen molar-refractivity contribution in [1.82, 2.24) is 5.32 Å². The fraction of sp³-hybridized carbons (Fsp3) is 0.316. The zero-order chi connectivity index (χ0) is 14.7. The van der Waals surface area contributed by atoms with Crippen molar-refractivity contribution in [3.63, 3.8) is 0 Å². The first kappa shape index (κ1) is 13.9. The Hall–Kier alpha value is -2.11. The summed E-state index contributed by atoms with van der Waals surface area (Å²) in [6.07, 6.45) is 3.46. The molecule has 0 bridgehead atoms. The van der Waals surface area contributed by atoms with Crippen LogP contribution in [0.4, 0.5) is 0 Å². The highest BCUT2D eigenvalue weighted by molar-refractivity contribution is 5.33. The summed E-state index contributed by atoms with van der Waals surface area (Å²) in [6, 6.07) is 19.6. The molecule has 0 amide bonds. The van der Waals surface area contributed by atoms with Crippen LogP contribution in [0.25, 0.3) is 0 Å². The van der Waals surface area contributed by atoms with E-state index in [0.717, 1.165) is 18.4 Å². The Kier molecular flexibility index (Phi) is 4.03. The molecule has 2 aromatic carbocycles. The molecule has 0 spiro atoms. The van der Waals surface area contributed by atoms with E-state index in [2.05, 4.69) is 42.6 Å². The van der Waals surface area contributed by atoms with Crippen molar-refractivity contribution in [2.24, 2.45) is 0 Å². The largest absolute Gasteiger partial charge is 0.307 e. The number of rotatable bonds is 3. The molecule has 2 atom stereocenters. The molecule has 2 nitrogen and oxygen atoms in total. The highest BCUT2D eigenvalue weighted by atomic mass is 14.9. The van der Waals surface area contributed by atoms with Crippen molar-refractivity contribution in [1.29, 1.82) is 5.26 Å². The van der Waals surface area contributed by atoms with Crippen LogP contribution in [0.3, 0.4) is 0 Å². The molecule has 0 saturated carbocycles. The van der Waals surface area contributed by atoms with Gasteiger partial charge in [-0.2, -0.15) is 5.26 Å². The minimum Gasteiger partial charge on any atom is -0.307 e. The second-order valence-corrected chi connectivity index (χ2v) is 5.83. The van der Waals surface area contributed by atoms with E-state index in [-0.39, 0.29) is 0 Å². The van der Waals surface area contributed by atoms with E-state index in [1.54, 1.807) is 0 Å². The van der Waals surface area contributed by atoms with Crippen molar-refractivity contribution in [3.05, 3.63) is 70.8 Å². The van der Waals surface area contributed by atoms with Gasteiger partial charge < -0.3 is 5.32 Å². The van der Waals surface area contributed by atoms with E-state index >= 15 is 0 Å². The molecule has 2 aromatic rings. The standard InChI is InChI=1S/C19H20N2/c1-14(16-8-6-15(13-20)7-9-16)21-19-11-10-17-4-2-3-5-18(17)12-19/h2-9,14,19,21H,10-12H2,1H3. The van der Waals surface area contributed by atoms with Gasteiger partial charge in [-0.1, -0.05) is 36.4 Å². The molecule has 3 rings (SSSR count). The lowest BCUT2D eigenvalue weighted by atomic mass is 9.88. The molecule has 2 heteroatoms. The van der Waals surface area contributed by atoms with Gasteiger partial charge in [-0.05, 0) is 55.0 Å². The summed E-state index contributed by atoms with van der Waals surface area (Å²) in [5, 5.41) is 12.6. The summed E-state index contributed by atoms with van der Waals surface area (Å²) in [5.41, 5.74) is 4.94. The number of hydrogen-bond donors (Lipinski definition) is 1. The Morgan fingerprint density at radius 3 is 2.52 bits per heavy atom. The van der Waals surface area contributed by atoms with E-state index in [4.69, 9.17) is 5.26 Å². The van der Waals surface area contributed by atoms with E-state index < -0.39 is 0 Å². The quantitative estimate of drug-likeness (QED) is 0.926. The van der Waals surface area contributed by atoms with Gasteiger partial charge in [0, 0.05) is 12.1 Å². The van der Waals surface area contributed by atoms with Gasteiger partial charge in [0.2, 0.25) is 0 Å². The molecule has 0 fully saturated rings. The molecule has 1 aliphatic rings. The van der Waals surface area contributed by atoms with Gasteiger partial charge in [0.05, 0.1) is 11.6 Å². The van der Waals surface area contributed by atoms with Gasteiger partial charge in [-0.25, -0.2) is 0 Å². The summed E-state index contributed by atoms with van der Waals surface area (Å²) in [6.45, 7) is 2.20. The SMILES string of the molecule is CC(NC1CCc2ccccc2C1)c1ccc(C#N)cc1. The zero-order valence-corrected chi connectivity index (χ0v) is 12.3. The summed E-state index contributed by atoms with van der Waals surface area (Å²) >= 11 is 0. The third-order valence-corrected chi connectivity index (χ3v) is 4.37. The molecule has 0 saturated heterocycles. The first-order valence-electron chi connectivity index (χ1n) is 7.59. The van der Waals surface area contributed by atoms with Crippen LogP contribution >= 0.6 is 0 Å². The second-order valence-electron chi connectivity index (χ2n) is 5.83. The van der Waals surface area contributed by atoms with E-state index in [1.807, 2.05) is 24.3 Å². The number of fused-ring (bicyclic) bond motifs is 1. The first-order valence-corrected chi connectivity index (χ1v) is 7.59. The molecule has 1 N–H and O–H groups in total. The van der Waals surface area contributed by atoms with Crippen molar-refractivity contribution < 1.29 is 0 Å². The average Bonchev–Trinajstić information content (AvgIpc) is 2.55. The topological polar surface area (TPSA) is 35.8 Å². The number of aryl methyl sites for hydroxylation is 1. The summed E-state index contributed by atoms with van der Waals surface area (Å²) in [7, 11) is 0. The molecule has 0 heterocycles. The molecular formula is C19H20N2. The highest BCUT2D eigenvalue weighted by Gasteiger charge is 2.19. The predicted octanol–water partition coefficient (Wildman–Crippen LogP) is 3.77. The van der Waals surface area contributed by atoms with Gasteiger partial charge in [-0.15, -0.1) is 0 Å². The molecule has 2 unspecified atom stereocenters. The molecule has 0 aliphatic heterocycles. The molecule has 1 aliphatic carbocycles. The third kappa shape index (κ3) is 3.15. The maximum absolute atomic E-state index is 8.86. The van der Waals surface area contributed by atoms with Gasteiger partial charge >= 0.3 is 0 Å². The van der Waals surface area contributed by atoms with Crippen molar-refractivity contribution >= 4 is 0 Å². The van der Waals surface area contributed by atoms with Gasteiger partial charge in [0.25, 0.3) is 0 Å². The lowest BCUT2D eigenvalue weighted by molar-refractivity contribution is 0.414. The van der Waals surface area contributed by atoms with Crippen molar-refractivity contribution in [3.8, 4) is 6.07 Å². The van der Waals surface area contributed by atoms with Crippen LogP contribution in [0.2, 0.25) is 0 Å². The lowest BCUT2D eigenvalue weighted by Gasteiger charge is -2.28. The van der Waals surface area contributed by atoms with E-state index in [0.29, 0.717) is 12.1 Å². The molecule has 106 valence electrons. The predicted molar refractivity (Wildman–Crippen MR) is 85.0 cm³/mol. The third-order valence-electron chi connectivity index (χ3n) is 4.37. The summed E-state index contributed by atoms with van der Waals surface area (Å²) in [4.78, 5) is 0. The van der Waals surface area contributed by atoms with Gasteiger partial charge in [-0.3, -0.25) is 0 Å². The Morgan fingerprint density at radius 1 is 1.10 bits per heavy atom. The number of nitrogens with zero attached hydrogens (tertiary/aromatic N) is 1. The summed E-state index contributed by atoms with van der Waals surface area (Å²) < 4.78 is 0. The normalized spacial score (nSPS) is 18.6. The van der Waals surface area contributed by atoms with E-state index in [9.17, 15) is 0 Å². The van der Waals surface area contributed by atoms with Crippen LogP contribution in [0.15, 0.2) is 48.5 Å². The van der Waals surface area contributed by atoms with Gasteiger partial charge in [0.15, 0.2) is 0 Å². The number of benzene rings is 2. The number of nitrogens with one attached hydrogen (secondary N) is 1. The minimum absolute atomic E-state index is 0.313. The van der Waals surface area contributed by atoms with Crippen LogP contribution in [0.5, 0.6) is 0 Å². The average molecular weight is 276 g/mol. The fourth-order valence-electron chi connectivity index (χ4n) is 3.14. The Bertz CT molecular complexity index is 652. The van der Waals surface area contributed by atoms with Crippen LogP contribution < -0.4 is 5.32 Å². The number of nitriles is 1. The molecule has 21 heavy (non-hydrogen) atoms. The fourth-order valence-corrected chi connectivity index (χ4v) is 3.14. The highest BCUT2D eigenvalue weighted by Crippen LogP contribution is 2.23. The van der Waals surface area contributed by atoms with Crippen molar-refractivity contribution in [2.45, 2.75) is 38.3 Å². The van der Waals surface area contributed by atoms with Crippen LogP contribution in [0, 0.1) is 11.3 Å². The zero-order valence-electron chi connectivity index (χ0n) is 12.3. The second kappa shape index (κ2) is 6.11. The number of hydrogen-bond acceptors (Lipinski definition) is 2. The lowest BCUT2D eigenvalue weighted by Crippen LogP contribution is -2.36. The Balaban J connectivity index is 1.65. The molecule has 0 aromatic heterocycles. The summed E-state index contributed by atoms with van der Waals surface area (Å²) in [5.74, 6) is 0. The Labute approximate surface area is 126 Å². The molecular weight excluding hydrogens is 256 g/mol. The first-order chi connectivity index (χ1) is 10.3. The monoisotopic (exact) mass is 276 g/mol. The minimum atomic E-state index is 0.313. The van der Waals surface area contributed by atoms with Crippen LogP contribution in [-0.2, 0) is 12.8 Å². The van der Waals surface area contributed by atoms with E-state index in [1.165, 1.54) is 23.1 Å². The van der Waals surface area contributed by atoms with Crippen LogP contribution in [-0.4, -0.2) is 6.04 Å². The smallest absolute Gasteiger partial charge is 0.0991 e. The maximum Gasteiger partial charge on any atom is 0.0991 e. The van der Waals surface area contributed by atoms with Crippen molar-refractivity contribution in [2.75, 3.05) is 0 Å². The maximum atomic E-state index is 8.86. The molecule has 0 radical (unpaired) electrons.